The second kappa shape index (κ2) is 2.96. The fraction of sp³-hybridized carbons (Fsp3) is 0.909. The maximum absolute atomic E-state index is 11.8. The summed E-state index contributed by atoms with van der Waals surface area (Å²) in [6.45, 7) is 5.65. The Hall–Kier alpha value is -0.570. The van der Waals surface area contributed by atoms with Gasteiger partial charge >= 0.3 is 5.97 Å². The summed E-state index contributed by atoms with van der Waals surface area (Å²) in [5, 5.41) is 0. The van der Waals surface area contributed by atoms with Crippen molar-refractivity contribution >= 4 is 5.97 Å². The van der Waals surface area contributed by atoms with Crippen molar-refractivity contribution in [2.75, 3.05) is 0 Å². The van der Waals surface area contributed by atoms with Crippen LogP contribution < -0.4 is 0 Å². The van der Waals surface area contributed by atoms with Crippen LogP contribution in [-0.4, -0.2) is 23.3 Å². The molecule has 1 aliphatic heterocycles. The lowest BCUT2D eigenvalue weighted by Gasteiger charge is -2.14. The molecule has 3 nitrogen and oxygen atoms in total. The highest BCUT2D eigenvalue weighted by Gasteiger charge is 2.67. The van der Waals surface area contributed by atoms with Crippen LogP contribution in [0.2, 0.25) is 0 Å². The zero-order chi connectivity index (χ0) is 10.4. The van der Waals surface area contributed by atoms with Gasteiger partial charge in [0.05, 0.1) is 0 Å². The minimum atomic E-state index is -0.699. The minimum absolute atomic E-state index is 0.138. The van der Waals surface area contributed by atoms with Gasteiger partial charge in [0.1, 0.15) is 11.7 Å². The zero-order valence-corrected chi connectivity index (χ0v) is 9.13. The number of epoxide rings is 1. The van der Waals surface area contributed by atoms with Crippen LogP contribution >= 0.6 is 0 Å². The molecule has 14 heavy (non-hydrogen) atoms. The number of esters is 1. The summed E-state index contributed by atoms with van der Waals surface area (Å²) in [7, 11) is 0. The van der Waals surface area contributed by atoms with Crippen molar-refractivity contribution in [2.45, 2.75) is 63.8 Å². The molecule has 0 bridgehead atoms. The van der Waals surface area contributed by atoms with Gasteiger partial charge in [-0.2, -0.15) is 0 Å². The highest BCUT2D eigenvalue weighted by molar-refractivity contribution is 5.84. The lowest BCUT2D eigenvalue weighted by atomic mass is 9.98. The molecule has 1 aliphatic carbocycles. The van der Waals surface area contributed by atoms with Crippen molar-refractivity contribution in [3.8, 4) is 0 Å². The lowest BCUT2D eigenvalue weighted by Crippen LogP contribution is -2.32. The Labute approximate surface area is 84.8 Å². The summed E-state index contributed by atoms with van der Waals surface area (Å²) in [5.74, 6) is -0.186. The third kappa shape index (κ3) is 1.44. The normalized spacial score (nSPS) is 35.6. The van der Waals surface area contributed by atoms with Gasteiger partial charge in [0.15, 0.2) is 5.60 Å². The summed E-state index contributed by atoms with van der Waals surface area (Å²) < 4.78 is 10.8. The molecule has 80 valence electrons. The van der Waals surface area contributed by atoms with Crippen molar-refractivity contribution < 1.29 is 14.3 Å². The van der Waals surface area contributed by atoms with E-state index in [0.29, 0.717) is 0 Å². The van der Waals surface area contributed by atoms with Gasteiger partial charge in [0.25, 0.3) is 0 Å². The van der Waals surface area contributed by atoms with Crippen LogP contribution in [-0.2, 0) is 14.3 Å². The molecule has 1 atom stereocenters. The first kappa shape index (κ1) is 9.97. The minimum Gasteiger partial charge on any atom is -0.460 e. The summed E-state index contributed by atoms with van der Waals surface area (Å²) in [5.41, 5.74) is -1.04. The number of carbonyl (C=O) groups excluding carboxylic acids is 1. The van der Waals surface area contributed by atoms with Crippen LogP contribution in [0.4, 0.5) is 0 Å². The molecule has 1 saturated carbocycles. The standard InChI is InChI=1S/C11H18O3/c1-10(2)11(3,14-10)9(12)13-8-6-4-5-7-8/h8H,4-7H2,1-3H3. The molecule has 0 N–H and O–H groups in total. The van der Waals surface area contributed by atoms with Crippen LogP contribution in [0.1, 0.15) is 46.5 Å². The Morgan fingerprint density at radius 1 is 1.29 bits per heavy atom. The van der Waals surface area contributed by atoms with Crippen LogP contribution in [0.15, 0.2) is 0 Å². The van der Waals surface area contributed by atoms with Crippen LogP contribution in [0.25, 0.3) is 0 Å². The molecule has 2 aliphatic rings. The Morgan fingerprint density at radius 2 is 1.79 bits per heavy atom. The highest BCUT2D eigenvalue weighted by atomic mass is 16.7. The topological polar surface area (TPSA) is 38.8 Å². The van der Waals surface area contributed by atoms with Gasteiger partial charge in [-0.3, -0.25) is 0 Å². The highest BCUT2D eigenvalue weighted by Crippen LogP contribution is 2.48. The van der Waals surface area contributed by atoms with E-state index in [1.165, 1.54) is 12.8 Å². The van der Waals surface area contributed by atoms with E-state index >= 15 is 0 Å². The van der Waals surface area contributed by atoms with E-state index in [4.69, 9.17) is 9.47 Å². The Balaban J connectivity index is 1.90. The van der Waals surface area contributed by atoms with E-state index < -0.39 is 5.60 Å². The van der Waals surface area contributed by atoms with E-state index in [2.05, 4.69) is 0 Å². The number of hydrogen-bond acceptors (Lipinski definition) is 3. The third-order valence-corrected chi connectivity index (χ3v) is 3.53. The Morgan fingerprint density at radius 3 is 2.21 bits per heavy atom. The quantitative estimate of drug-likeness (QED) is 0.503. The molecule has 0 spiro atoms. The van der Waals surface area contributed by atoms with Crippen molar-refractivity contribution in [2.24, 2.45) is 0 Å². The Bertz CT molecular complexity index is 253. The molecule has 1 heterocycles. The number of hydrogen-bond donors (Lipinski definition) is 0. The maximum Gasteiger partial charge on any atom is 0.341 e. The van der Waals surface area contributed by atoms with Gasteiger partial charge in [0, 0.05) is 0 Å². The molecule has 0 amide bonds. The van der Waals surface area contributed by atoms with E-state index in [9.17, 15) is 4.79 Å². The van der Waals surface area contributed by atoms with Crippen molar-refractivity contribution in [3.05, 3.63) is 0 Å². The molecule has 1 saturated heterocycles. The lowest BCUT2D eigenvalue weighted by molar-refractivity contribution is -0.154. The van der Waals surface area contributed by atoms with E-state index in [0.717, 1.165) is 12.8 Å². The van der Waals surface area contributed by atoms with Gasteiger partial charge in [-0.05, 0) is 46.5 Å². The molecule has 0 radical (unpaired) electrons. The summed E-state index contributed by atoms with van der Waals surface area (Å²) in [6, 6.07) is 0. The fourth-order valence-electron chi connectivity index (χ4n) is 2.04. The van der Waals surface area contributed by atoms with E-state index in [1.54, 1.807) is 0 Å². The molecular formula is C11H18O3. The van der Waals surface area contributed by atoms with Gasteiger partial charge in [-0.25, -0.2) is 4.79 Å². The van der Waals surface area contributed by atoms with Gasteiger partial charge in [-0.1, -0.05) is 0 Å². The summed E-state index contributed by atoms with van der Waals surface area (Å²) in [4.78, 5) is 11.8. The monoisotopic (exact) mass is 198 g/mol. The number of rotatable bonds is 2. The first-order chi connectivity index (χ1) is 6.46. The van der Waals surface area contributed by atoms with Gasteiger partial charge < -0.3 is 9.47 Å². The van der Waals surface area contributed by atoms with E-state index in [1.807, 2.05) is 20.8 Å². The van der Waals surface area contributed by atoms with Gasteiger partial charge in [0.2, 0.25) is 0 Å². The van der Waals surface area contributed by atoms with Crippen molar-refractivity contribution in [1.82, 2.24) is 0 Å². The average Bonchev–Trinajstić information content (AvgIpc) is 2.54. The number of carbonyl (C=O) groups is 1. The fourth-order valence-corrected chi connectivity index (χ4v) is 2.04. The summed E-state index contributed by atoms with van der Waals surface area (Å²) in [6.07, 6.45) is 4.53. The van der Waals surface area contributed by atoms with E-state index in [-0.39, 0.29) is 17.7 Å². The van der Waals surface area contributed by atoms with Gasteiger partial charge in [-0.15, -0.1) is 0 Å². The predicted octanol–water partition coefficient (Wildman–Crippen LogP) is 2.04. The van der Waals surface area contributed by atoms with Crippen LogP contribution in [0.5, 0.6) is 0 Å². The molecular weight excluding hydrogens is 180 g/mol. The predicted molar refractivity (Wildman–Crippen MR) is 51.9 cm³/mol. The molecule has 0 aromatic rings. The first-order valence-electron chi connectivity index (χ1n) is 5.37. The SMILES string of the molecule is CC1(C)OC1(C)C(=O)OC1CCCC1. The zero-order valence-electron chi connectivity index (χ0n) is 9.13. The molecule has 1 unspecified atom stereocenters. The smallest absolute Gasteiger partial charge is 0.341 e. The molecule has 0 aromatic heterocycles. The number of ether oxygens (including phenoxy) is 2. The van der Waals surface area contributed by atoms with Crippen LogP contribution in [0.3, 0.4) is 0 Å². The molecule has 3 heteroatoms. The molecule has 2 rings (SSSR count). The Kier molecular flexibility index (Phi) is 2.11. The average molecular weight is 198 g/mol. The molecule has 0 aromatic carbocycles. The van der Waals surface area contributed by atoms with Crippen molar-refractivity contribution in [1.29, 1.82) is 0 Å². The third-order valence-electron chi connectivity index (χ3n) is 3.53. The maximum atomic E-state index is 11.8. The second-order valence-corrected chi connectivity index (χ2v) is 4.96. The first-order valence-corrected chi connectivity index (χ1v) is 5.37. The van der Waals surface area contributed by atoms with Crippen molar-refractivity contribution in [3.63, 3.8) is 0 Å². The molecule has 2 fully saturated rings. The van der Waals surface area contributed by atoms with Crippen LogP contribution in [0, 0.1) is 0 Å². The second-order valence-electron chi connectivity index (χ2n) is 4.96. The summed E-state index contributed by atoms with van der Waals surface area (Å²) >= 11 is 0. The largest absolute Gasteiger partial charge is 0.460 e.